The highest BCUT2D eigenvalue weighted by Gasteiger charge is 2.31. The van der Waals surface area contributed by atoms with Crippen molar-refractivity contribution in [2.75, 3.05) is 7.11 Å². The average molecular weight is 262 g/mol. The van der Waals surface area contributed by atoms with Crippen molar-refractivity contribution in [1.29, 1.82) is 0 Å². The molecule has 0 heterocycles. The van der Waals surface area contributed by atoms with Crippen molar-refractivity contribution in [3.05, 3.63) is 35.4 Å². The summed E-state index contributed by atoms with van der Waals surface area (Å²) in [6, 6.07) is 4.02. The Bertz CT molecular complexity index is 412. The average Bonchev–Trinajstić information content (AvgIpc) is 2.35. The van der Waals surface area contributed by atoms with Crippen LogP contribution in [0.15, 0.2) is 24.3 Å². The third-order valence-corrected chi connectivity index (χ3v) is 2.63. The van der Waals surface area contributed by atoms with E-state index in [1.165, 1.54) is 14.0 Å². The van der Waals surface area contributed by atoms with Crippen LogP contribution in [0.25, 0.3) is 0 Å². The Kier molecular flexibility index (Phi) is 4.34. The number of halogens is 3. The van der Waals surface area contributed by atoms with Gasteiger partial charge in [0.15, 0.2) is 0 Å². The van der Waals surface area contributed by atoms with Gasteiger partial charge in [-0.25, -0.2) is 0 Å². The Morgan fingerprint density at radius 3 is 2.17 bits per heavy atom. The number of methoxy groups -OCH3 is 1. The van der Waals surface area contributed by atoms with Gasteiger partial charge in [0.25, 0.3) is 0 Å². The largest absolute Gasteiger partial charge is 0.469 e. The molecule has 0 saturated heterocycles. The molecule has 1 aromatic carbocycles. The highest BCUT2D eigenvalue weighted by Crippen LogP contribution is 2.31. The van der Waals surface area contributed by atoms with Crippen LogP contribution in [-0.4, -0.2) is 18.2 Å². The molecule has 0 fully saturated rings. The lowest BCUT2D eigenvalue weighted by molar-refractivity contribution is -0.148. The predicted octanol–water partition coefficient (Wildman–Crippen LogP) is 2.55. The van der Waals surface area contributed by atoms with Crippen LogP contribution >= 0.6 is 0 Å². The molecule has 0 spiro atoms. The van der Waals surface area contributed by atoms with Crippen LogP contribution in [0.5, 0.6) is 0 Å². The van der Waals surface area contributed by atoms with Gasteiger partial charge in [0.1, 0.15) is 0 Å². The molecule has 0 aliphatic carbocycles. The summed E-state index contributed by atoms with van der Waals surface area (Å²) in [7, 11) is 1.18. The fourth-order valence-electron chi connectivity index (χ4n) is 1.47. The van der Waals surface area contributed by atoms with E-state index in [0.29, 0.717) is 0 Å². The van der Waals surface area contributed by atoms with E-state index in [4.69, 9.17) is 0 Å². The quantitative estimate of drug-likeness (QED) is 0.851. The molecule has 0 aliphatic heterocycles. The normalized spacial score (nSPS) is 15.0. The lowest BCUT2D eigenvalue weighted by Gasteiger charge is -2.17. The first kappa shape index (κ1) is 14.5. The molecule has 1 rings (SSSR count). The molecule has 1 N–H and O–H groups in total. The second-order valence-corrected chi connectivity index (χ2v) is 3.88. The van der Waals surface area contributed by atoms with Gasteiger partial charge in [-0.15, -0.1) is 0 Å². The molecule has 2 atom stereocenters. The number of esters is 1. The third kappa shape index (κ3) is 3.22. The zero-order chi connectivity index (χ0) is 13.9. The minimum Gasteiger partial charge on any atom is -0.469 e. The highest BCUT2D eigenvalue weighted by molar-refractivity contribution is 5.72. The standard InChI is InChI=1S/C12H13F3O3/c1-7(11(17)18-2)10(16)8-3-5-9(6-4-8)12(13,14)15/h3-7,10,16H,1-2H3/t7-,10+/m0/s1. The number of hydrogen-bond acceptors (Lipinski definition) is 3. The number of alkyl halides is 3. The highest BCUT2D eigenvalue weighted by atomic mass is 19.4. The molecule has 0 radical (unpaired) electrons. The summed E-state index contributed by atoms with van der Waals surface area (Å²) >= 11 is 0. The minimum absolute atomic E-state index is 0.237. The summed E-state index contributed by atoms with van der Waals surface area (Å²) in [4.78, 5) is 11.2. The molecule has 6 heteroatoms. The monoisotopic (exact) mass is 262 g/mol. The lowest BCUT2D eigenvalue weighted by atomic mass is 9.96. The summed E-state index contributed by atoms with van der Waals surface area (Å²) in [5.74, 6) is -1.46. The van der Waals surface area contributed by atoms with Crippen LogP contribution in [0.2, 0.25) is 0 Å². The second kappa shape index (κ2) is 5.39. The smallest absolute Gasteiger partial charge is 0.416 e. The Labute approximate surface area is 102 Å². The summed E-state index contributed by atoms with van der Waals surface area (Å²) < 4.78 is 41.4. The van der Waals surface area contributed by atoms with Crippen molar-refractivity contribution >= 4 is 5.97 Å². The molecule has 3 nitrogen and oxygen atoms in total. The van der Waals surface area contributed by atoms with E-state index in [2.05, 4.69) is 4.74 Å². The maximum atomic E-state index is 12.3. The fourth-order valence-corrected chi connectivity index (χ4v) is 1.47. The van der Waals surface area contributed by atoms with Gasteiger partial charge in [0.05, 0.1) is 24.7 Å². The molecule has 0 aliphatic rings. The first-order chi connectivity index (χ1) is 8.27. The number of rotatable bonds is 3. The van der Waals surface area contributed by atoms with E-state index >= 15 is 0 Å². The van der Waals surface area contributed by atoms with Crippen molar-refractivity contribution < 1.29 is 27.8 Å². The van der Waals surface area contributed by atoms with Crippen LogP contribution < -0.4 is 0 Å². The number of ether oxygens (including phenoxy) is 1. The number of aliphatic hydroxyl groups excluding tert-OH is 1. The molecule has 1 aromatic rings. The van der Waals surface area contributed by atoms with E-state index in [-0.39, 0.29) is 5.56 Å². The fraction of sp³-hybridized carbons (Fsp3) is 0.417. The number of aliphatic hydroxyl groups is 1. The molecule has 0 aromatic heterocycles. The van der Waals surface area contributed by atoms with Crippen molar-refractivity contribution in [3.8, 4) is 0 Å². The molecule has 0 bridgehead atoms. The number of carbonyl (C=O) groups is 1. The van der Waals surface area contributed by atoms with E-state index < -0.39 is 29.7 Å². The summed E-state index contributed by atoms with van der Waals surface area (Å²) in [5, 5.41) is 9.80. The van der Waals surface area contributed by atoms with Gasteiger partial charge in [0.2, 0.25) is 0 Å². The zero-order valence-corrected chi connectivity index (χ0v) is 9.86. The maximum Gasteiger partial charge on any atom is 0.416 e. The van der Waals surface area contributed by atoms with Gasteiger partial charge >= 0.3 is 12.1 Å². The molecule has 18 heavy (non-hydrogen) atoms. The van der Waals surface area contributed by atoms with E-state index in [0.717, 1.165) is 24.3 Å². The number of carbonyl (C=O) groups excluding carboxylic acids is 1. The maximum absolute atomic E-state index is 12.3. The molecular formula is C12H13F3O3. The van der Waals surface area contributed by atoms with Gasteiger partial charge in [-0.3, -0.25) is 4.79 Å². The van der Waals surface area contributed by atoms with Crippen molar-refractivity contribution in [2.24, 2.45) is 5.92 Å². The summed E-state index contributed by atoms with van der Waals surface area (Å²) in [6.07, 6.45) is -5.61. The SMILES string of the molecule is COC(=O)[C@@H](C)[C@@H](O)c1ccc(C(F)(F)F)cc1. The van der Waals surface area contributed by atoms with Crippen LogP contribution in [-0.2, 0) is 15.7 Å². The first-order valence-corrected chi connectivity index (χ1v) is 5.20. The topological polar surface area (TPSA) is 46.5 Å². The first-order valence-electron chi connectivity index (χ1n) is 5.20. The van der Waals surface area contributed by atoms with Crippen LogP contribution in [0.4, 0.5) is 13.2 Å². The van der Waals surface area contributed by atoms with Crippen molar-refractivity contribution in [2.45, 2.75) is 19.2 Å². The Morgan fingerprint density at radius 1 is 1.28 bits per heavy atom. The van der Waals surface area contributed by atoms with E-state index in [1.807, 2.05) is 0 Å². The van der Waals surface area contributed by atoms with Gasteiger partial charge in [-0.05, 0) is 24.6 Å². The van der Waals surface area contributed by atoms with Crippen molar-refractivity contribution in [1.82, 2.24) is 0 Å². The second-order valence-electron chi connectivity index (χ2n) is 3.88. The lowest BCUT2D eigenvalue weighted by Crippen LogP contribution is -2.20. The van der Waals surface area contributed by atoms with Gasteiger partial charge in [0, 0.05) is 0 Å². The molecule has 0 unspecified atom stereocenters. The zero-order valence-electron chi connectivity index (χ0n) is 9.86. The Hall–Kier alpha value is -1.56. The predicted molar refractivity (Wildman–Crippen MR) is 57.6 cm³/mol. The van der Waals surface area contributed by atoms with Crippen molar-refractivity contribution in [3.63, 3.8) is 0 Å². The van der Waals surface area contributed by atoms with E-state index in [9.17, 15) is 23.1 Å². The van der Waals surface area contributed by atoms with Crippen LogP contribution in [0, 0.1) is 5.92 Å². The summed E-state index contributed by atoms with van der Waals surface area (Å²) in [6.45, 7) is 1.44. The molecule has 100 valence electrons. The third-order valence-electron chi connectivity index (χ3n) is 2.63. The minimum atomic E-state index is -4.42. The van der Waals surface area contributed by atoms with Gasteiger partial charge in [-0.2, -0.15) is 13.2 Å². The Balaban J connectivity index is 2.89. The number of hydrogen-bond donors (Lipinski definition) is 1. The van der Waals surface area contributed by atoms with E-state index in [1.54, 1.807) is 0 Å². The van der Waals surface area contributed by atoms with Gasteiger partial charge in [-0.1, -0.05) is 12.1 Å². The molecular weight excluding hydrogens is 249 g/mol. The molecule has 0 saturated carbocycles. The van der Waals surface area contributed by atoms with Gasteiger partial charge < -0.3 is 9.84 Å². The van der Waals surface area contributed by atoms with Crippen LogP contribution in [0.1, 0.15) is 24.2 Å². The van der Waals surface area contributed by atoms with Crippen LogP contribution in [0.3, 0.4) is 0 Å². The summed E-state index contributed by atoms with van der Waals surface area (Å²) in [5.41, 5.74) is -0.565. The number of benzene rings is 1. The molecule has 0 amide bonds. The Morgan fingerprint density at radius 2 is 1.78 bits per heavy atom.